The van der Waals surface area contributed by atoms with Gasteiger partial charge in [0.15, 0.2) is 11.6 Å². The smallest absolute Gasteiger partial charge is 0.230 e. The summed E-state index contributed by atoms with van der Waals surface area (Å²) in [6.45, 7) is 0. The molecule has 0 atom stereocenters. The summed E-state index contributed by atoms with van der Waals surface area (Å²) >= 11 is 12.2. The van der Waals surface area contributed by atoms with Crippen LogP contribution in [0, 0.1) is 0 Å². The van der Waals surface area contributed by atoms with Crippen molar-refractivity contribution >= 4 is 29.0 Å². The van der Waals surface area contributed by atoms with Gasteiger partial charge in [-0.3, -0.25) is 14.8 Å². The second kappa shape index (κ2) is 5.82. The van der Waals surface area contributed by atoms with Gasteiger partial charge < -0.3 is 0 Å². The van der Waals surface area contributed by atoms with Gasteiger partial charge in [0.25, 0.3) is 0 Å². The molecule has 0 saturated carbocycles. The van der Waals surface area contributed by atoms with Gasteiger partial charge in [-0.1, -0.05) is 23.2 Å². The Balaban J connectivity index is 2.07. The van der Waals surface area contributed by atoms with Crippen molar-refractivity contribution in [1.82, 2.24) is 24.7 Å². The highest BCUT2D eigenvalue weighted by Crippen LogP contribution is 2.31. The molecule has 8 heteroatoms. The summed E-state index contributed by atoms with van der Waals surface area (Å²) in [5.41, 5.74) is 0.923. The first kappa shape index (κ1) is 14.6. The van der Waals surface area contributed by atoms with Gasteiger partial charge in [0.05, 0.1) is 15.6 Å². The molecule has 3 heterocycles. The number of pyridine rings is 2. The van der Waals surface area contributed by atoms with Crippen LogP contribution in [0.1, 0.15) is 16.2 Å². The van der Waals surface area contributed by atoms with E-state index in [2.05, 4.69) is 20.1 Å². The summed E-state index contributed by atoms with van der Waals surface area (Å²) in [5.74, 6) is 0.201. The molecule has 22 heavy (non-hydrogen) atoms. The Morgan fingerprint density at radius 2 is 1.73 bits per heavy atom. The lowest BCUT2D eigenvalue weighted by Crippen LogP contribution is -2.09. The van der Waals surface area contributed by atoms with Crippen LogP contribution in [0.5, 0.6) is 0 Å². The molecule has 0 aliphatic carbocycles. The van der Waals surface area contributed by atoms with E-state index in [4.69, 9.17) is 23.2 Å². The fourth-order valence-electron chi connectivity index (χ4n) is 1.95. The topological polar surface area (TPSA) is 73.6 Å². The van der Waals surface area contributed by atoms with Gasteiger partial charge in [-0.15, -0.1) is 0 Å². The lowest BCUT2D eigenvalue weighted by molar-refractivity contribution is 0.102. The molecule has 3 rings (SSSR count). The van der Waals surface area contributed by atoms with Crippen molar-refractivity contribution < 1.29 is 4.79 Å². The number of hydrogen-bond donors (Lipinski definition) is 0. The van der Waals surface area contributed by atoms with Crippen LogP contribution in [0.3, 0.4) is 0 Å². The first-order valence-corrected chi connectivity index (χ1v) is 6.98. The van der Waals surface area contributed by atoms with E-state index in [1.165, 1.54) is 17.1 Å². The Kier molecular flexibility index (Phi) is 3.87. The third kappa shape index (κ3) is 2.58. The standard InChI is InChI=1S/C14H9Cl2N5O/c1-21-14(12(22)8-2-4-17-5-3-8)19-13(20-21)11-9(15)6-18-7-10(11)16/h2-7H,1H3. The zero-order valence-electron chi connectivity index (χ0n) is 11.4. The van der Waals surface area contributed by atoms with Gasteiger partial charge >= 0.3 is 0 Å². The van der Waals surface area contributed by atoms with Gasteiger partial charge in [0.1, 0.15) is 0 Å². The van der Waals surface area contributed by atoms with Crippen LogP contribution in [0.15, 0.2) is 36.9 Å². The molecule has 0 spiro atoms. The van der Waals surface area contributed by atoms with Crippen LogP contribution in [0.4, 0.5) is 0 Å². The van der Waals surface area contributed by atoms with Gasteiger partial charge in [-0.25, -0.2) is 9.67 Å². The van der Waals surface area contributed by atoms with E-state index in [0.717, 1.165) is 0 Å². The molecule has 0 aromatic carbocycles. The molecule has 0 aliphatic heterocycles. The molecular formula is C14H9Cl2N5O. The van der Waals surface area contributed by atoms with Gasteiger partial charge in [0.2, 0.25) is 5.78 Å². The van der Waals surface area contributed by atoms with Crippen LogP contribution < -0.4 is 0 Å². The van der Waals surface area contributed by atoms with Crippen molar-refractivity contribution in [3.63, 3.8) is 0 Å². The fourth-order valence-corrected chi connectivity index (χ4v) is 2.48. The Morgan fingerprint density at radius 3 is 2.36 bits per heavy atom. The summed E-state index contributed by atoms with van der Waals surface area (Å²) in [5, 5.41) is 4.86. The van der Waals surface area contributed by atoms with E-state index in [-0.39, 0.29) is 17.4 Å². The summed E-state index contributed by atoms with van der Waals surface area (Å²) in [6.07, 6.45) is 5.98. The predicted molar refractivity (Wildman–Crippen MR) is 81.9 cm³/mol. The minimum atomic E-state index is -0.259. The first-order chi connectivity index (χ1) is 10.6. The molecule has 0 fully saturated rings. The van der Waals surface area contributed by atoms with Crippen LogP contribution in [0.2, 0.25) is 10.0 Å². The van der Waals surface area contributed by atoms with E-state index in [1.807, 2.05) is 0 Å². The third-order valence-corrected chi connectivity index (χ3v) is 3.56. The molecule has 0 amide bonds. The normalized spacial score (nSPS) is 10.7. The number of hydrogen-bond acceptors (Lipinski definition) is 5. The second-order valence-corrected chi connectivity index (χ2v) is 5.24. The molecule has 3 aromatic rings. The number of aromatic nitrogens is 5. The number of carbonyl (C=O) groups is 1. The van der Waals surface area contributed by atoms with Crippen LogP contribution in [-0.4, -0.2) is 30.5 Å². The number of nitrogens with zero attached hydrogens (tertiary/aromatic N) is 5. The predicted octanol–water partition coefficient (Wildman–Crippen LogP) is 2.81. The first-order valence-electron chi connectivity index (χ1n) is 6.23. The summed E-state index contributed by atoms with van der Waals surface area (Å²) < 4.78 is 1.39. The molecule has 6 nitrogen and oxygen atoms in total. The van der Waals surface area contributed by atoms with Crippen molar-refractivity contribution in [2.75, 3.05) is 0 Å². The lowest BCUT2D eigenvalue weighted by Gasteiger charge is -2.00. The SMILES string of the molecule is Cn1nc(-c2c(Cl)cncc2Cl)nc1C(=O)c1ccncc1. The molecule has 0 N–H and O–H groups in total. The highest BCUT2D eigenvalue weighted by Gasteiger charge is 2.20. The summed E-state index contributed by atoms with van der Waals surface area (Å²) in [6, 6.07) is 3.23. The summed E-state index contributed by atoms with van der Waals surface area (Å²) in [7, 11) is 1.63. The molecule has 0 saturated heterocycles. The van der Waals surface area contributed by atoms with E-state index in [9.17, 15) is 4.79 Å². The number of ketones is 1. The van der Waals surface area contributed by atoms with Gasteiger partial charge in [-0.05, 0) is 12.1 Å². The Bertz CT molecular complexity index is 827. The maximum Gasteiger partial charge on any atom is 0.230 e. The lowest BCUT2D eigenvalue weighted by atomic mass is 10.1. The van der Waals surface area contributed by atoms with Crippen molar-refractivity contribution in [2.45, 2.75) is 0 Å². The average molecular weight is 334 g/mol. The van der Waals surface area contributed by atoms with Gasteiger partial charge in [0, 0.05) is 37.4 Å². The van der Waals surface area contributed by atoms with Crippen molar-refractivity contribution in [3.05, 3.63) is 58.4 Å². The quantitative estimate of drug-likeness (QED) is 0.689. The Labute approximate surface area is 135 Å². The van der Waals surface area contributed by atoms with Crippen LogP contribution >= 0.6 is 23.2 Å². The van der Waals surface area contributed by atoms with E-state index in [1.54, 1.807) is 31.6 Å². The number of aryl methyl sites for hydroxylation is 1. The molecule has 0 unspecified atom stereocenters. The van der Waals surface area contributed by atoms with E-state index < -0.39 is 0 Å². The minimum Gasteiger partial charge on any atom is -0.285 e. The van der Waals surface area contributed by atoms with E-state index in [0.29, 0.717) is 21.2 Å². The molecule has 3 aromatic heterocycles. The van der Waals surface area contributed by atoms with E-state index >= 15 is 0 Å². The maximum atomic E-state index is 12.5. The Morgan fingerprint density at radius 1 is 1.09 bits per heavy atom. The number of rotatable bonds is 3. The maximum absolute atomic E-state index is 12.5. The average Bonchev–Trinajstić information content (AvgIpc) is 2.89. The summed E-state index contributed by atoms with van der Waals surface area (Å²) in [4.78, 5) is 24.5. The fraction of sp³-hybridized carbons (Fsp3) is 0.0714. The van der Waals surface area contributed by atoms with Gasteiger partial charge in [-0.2, -0.15) is 5.10 Å². The highest BCUT2D eigenvalue weighted by atomic mass is 35.5. The highest BCUT2D eigenvalue weighted by molar-refractivity contribution is 6.38. The zero-order valence-corrected chi connectivity index (χ0v) is 12.9. The molecule has 0 bridgehead atoms. The number of halogens is 2. The molecule has 0 aliphatic rings. The molecular weight excluding hydrogens is 325 g/mol. The number of carbonyl (C=O) groups excluding carboxylic acids is 1. The Hall–Kier alpha value is -2.31. The van der Waals surface area contributed by atoms with Crippen molar-refractivity contribution in [2.24, 2.45) is 7.05 Å². The largest absolute Gasteiger partial charge is 0.285 e. The minimum absolute atomic E-state index is 0.185. The monoisotopic (exact) mass is 333 g/mol. The molecule has 110 valence electrons. The zero-order chi connectivity index (χ0) is 15.7. The van der Waals surface area contributed by atoms with Crippen molar-refractivity contribution in [1.29, 1.82) is 0 Å². The third-order valence-electron chi connectivity index (χ3n) is 2.99. The molecule has 0 radical (unpaired) electrons. The van der Waals surface area contributed by atoms with Crippen molar-refractivity contribution in [3.8, 4) is 11.4 Å². The second-order valence-electron chi connectivity index (χ2n) is 4.43. The van der Waals surface area contributed by atoms with Crippen LogP contribution in [-0.2, 0) is 7.05 Å². The van der Waals surface area contributed by atoms with Crippen LogP contribution in [0.25, 0.3) is 11.4 Å².